The molecule has 3 aromatic rings. The maximum absolute atomic E-state index is 12.5. The summed E-state index contributed by atoms with van der Waals surface area (Å²) in [7, 11) is 0. The Morgan fingerprint density at radius 1 is 1.10 bits per heavy atom. The van der Waals surface area contributed by atoms with Gasteiger partial charge in [-0.15, -0.1) is 0 Å². The molecule has 1 heterocycles. The molecule has 106 valence electrons. The second kappa shape index (κ2) is 5.57. The highest BCUT2D eigenvalue weighted by atomic mass is 16.1. The van der Waals surface area contributed by atoms with Crippen LogP contribution in [0.25, 0.3) is 10.9 Å². The number of benzene rings is 2. The zero-order valence-corrected chi connectivity index (χ0v) is 12.4. The van der Waals surface area contributed by atoms with Crippen molar-refractivity contribution >= 4 is 16.7 Å². The number of carbonyl (C=O) groups excluding carboxylic acids is 1. The van der Waals surface area contributed by atoms with Gasteiger partial charge in [0.05, 0.1) is 0 Å². The standard InChI is InChI=1S/C19H19NO/c1-13-7-3-4-8-15(13)19(21)11-14(2)17-12-20-18-10-6-5-9-16(17)18/h3-10,12,14,20H,11H2,1-2H3/t14-/m1/s1. The normalized spacial score (nSPS) is 12.5. The number of fused-ring (bicyclic) bond motifs is 1. The largest absolute Gasteiger partial charge is 0.361 e. The number of hydrogen-bond acceptors (Lipinski definition) is 1. The predicted octanol–water partition coefficient (Wildman–Crippen LogP) is 4.85. The Morgan fingerprint density at radius 2 is 1.81 bits per heavy atom. The number of carbonyl (C=O) groups is 1. The second-order valence-electron chi connectivity index (χ2n) is 5.63. The van der Waals surface area contributed by atoms with E-state index in [-0.39, 0.29) is 11.7 Å². The van der Waals surface area contributed by atoms with Gasteiger partial charge in [-0.1, -0.05) is 49.4 Å². The zero-order valence-electron chi connectivity index (χ0n) is 12.4. The molecule has 1 aromatic heterocycles. The molecule has 0 bridgehead atoms. The van der Waals surface area contributed by atoms with Crippen LogP contribution in [0, 0.1) is 6.92 Å². The Balaban J connectivity index is 1.85. The molecule has 0 unspecified atom stereocenters. The van der Waals surface area contributed by atoms with Crippen molar-refractivity contribution in [2.24, 2.45) is 0 Å². The van der Waals surface area contributed by atoms with Gasteiger partial charge in [0.2, 0.25) is 0 Å². The molecule has 2 heteroatoms. The number of hydrogen-bond donors (Lipinski definition) is 1. The summed E-state index contributed by atoms with van der Waals surface area (Å²) >= 11 is 0. The average molecular weight is 277 g/mol. The first-order valence-corrected chi connectivity index (χ1v) is 7.31. The van der Waals surface area contributed by atoms with Crippen LogP contribution in [-0.2, 0) is 0 Å². The molecule has 0 fully saturated rings. The average Bonchev–Trinajstić information content (AvgIpc) is 2.91. The monoisotopic (exact) mass is 277 g/mol. The van der Waals surface area contributed by atoms with Crippen LogP contribution in [0.3, 0.4) is 0 Å². The van der Waals surface area contributed by atoms with Crippen molar-refractivity contribution < 1.29 is 4.79 Å². The van der Waals surface area contributed by atoms with E-state index in [4.69, 9.17) is 0 Å². The molecule has 0 saturated heterocycles. The number of aryl methyl sites for hydroxylation is 1. The quantitative estimate of drug-likeness (QED) is 0.679. The van der Waals surface area contributed by atoms with E-state index in [2.05, 4.69) is 24.0 Å². The van der Waals surface area contributed by atoms with Crippen LogP contribution in [0.15, 0.2) is 54.7 Å². The molecule has 0 radical (unpaired) electrons. The summed E-state index contributed by atoms with van der Waals surface area (Å²) in [6.45, 7) is 4.11. The predicted molar refractivity (Wildman–Crippen MR) is 86.8 cm³/mol. The number of Topliss-reactive ketones (excluding diaryl/α,β-unsaturated/α-hetero) is 1. The first-order valence-electron chi connectivity index (χ1n) is 7.31. The fourth-order valence-electron chi connectivity index (χ4n) is 2.89. The summed E-state index contributed by atoms with van der Waals surface area (Å²) in [5.74, 6) is 0.416. The van der Waals surface area contributed by atoms with Gasteiger partial charge < -0.3 is 4.98 Å². The first-order chi connectivity index (χ1) is 10.2. The molecule has 0 aliphatic carbocycles. The van der Waals surface area contributed by atoms with Gasteiger partial charge in [0, 0.05) is 29.1 Å². The molecule has 1 atom stereocenters. The van der Waals surface area contributed by atoms with Crippen LogP contribution in [0.1, 0.15) is 40.7 Å². The number of aromatic amines is 1. The fraction of sp³-hybridized carbons (Fsp3) is 0.211. The lowest BCUT2D eigenvalue weighted by Gasteiger charge is -2.11. The van der Waals surface area contributed by atoms with Crippen LogP contribution in [0.5, 0.6) is 0 Å². The Hall–Kier alpha value is -2.35. The number of rotatable bonds is 4. The molecule has 2 aromatic carbocycles. The molecule has 0 aliphatic rings. The van der Waals surface area contributed by atoms with Gasteiger partial charge in [-0.2, -0.15) is 0 Å². The summed E-state index contributed by atoms with van der Waals surface area (Å²) in [5.41, 5.74) is 4.23. The molecular formula is C19H19NO. The van der Waals surface area contributed by atoms with Crippen LogP contribution >= 0.6 is 0 Å². The van der Waals surface area contributed by atoms with Gasteiger partial charge in [-0.05, 0) is 30.0 Å². The minimum Gasteiger partial charge on any atom is -0.361 e. The Kier molecular flexibility index (Phi) is 3.61. The Bertz CT molecular complexity index is 785. The highest BCUT2D eigenvalue weighted by Crippen LogP contribution is 2.28. The van der Waals surface area contributed by atoms with Crippen molar-refractivity contribution in [3.05, 3.63) is 71.4 Å². The third-order valence-corrected chi connectivity index (χ3v) is 4.09. The van der Waals surface area contributed by atoms with Gasteiger partial charge in [0.25, 0.3) is 0 Å². The zero-order chi connectivity index (χ0) is 14.8. The van der Waals surface area contributed by atoms with E-state index in [0.29, 0.717) is 6.42 Å². The SMILES string of the molecule is Cc1ccccc1C(=O)C[C@@H](C)c1c[nH]c2ccccc12. The van der Waals surface area contributed by atoms with E-state index in [1.165, 1.54) is 10.9 Å². The fourth-order valence-corrected chi connectivity index (χ4v) is 2.89. The van der Waals surface area contributed by atoms with Crippen molar-refractivity contribution in [3.8, 4) is 0 Å². The van der Waals surface area contributed by atoms with E-state index in [9.17, 15) is 4.79 Å². The van der Waals surface area contributed by atoms with Crippen molar-refractivity contribution in [1.29, 1.82) is 0 Å². The molecule has 0 spiro atoms. The maximum Gasteiger partial charge on any atom is 0.163 e. The van der Waals surface area contributed by atoms with Crippen molar-refractivity contribution in [2.45, 2.75) is 26.2 Å². The minimum atomic E-state index is 0.202. The smallest absolute Gasteiger partial charge is 0.163 e. The van der Waals surface area contributed by atoms with Crippen LogP contribution < -0.4 is 0 Å². The van der Waals surface area contributed by atoms with Crippen molar-refractivity contribution in [1.82, 2.24) is 4.98 Å². The summed E-state index contributed by atoms with van der Waals surface area (Å²) in [5, 5.41) is 1.21. The second-order valence-corrected chi connectivity index (χ2v) is 5.63. The van der Waals surface area contributed by atoms with Crippen molar-refractivity contribution in [2.75, 3.05) is 0 Å². The number of ketones is 1. The van der Waals surface area contributed by atoms with Crippen LogP contribution in [0.4, 0.5) is 0 Å². The Morgan fingerprint density at radius 3 is 2.62 bits per heavy atom. The number of aromatic nitrogens is 1. The number of nitrogens with one attached hydrogen (secondary N) is 1. The van der Waals surface area contributed by atoms with Crippen molar-refractivity contribution in [3.63, 3.8) is 0 Å². The first kappa shape index (κ1) is 13.6. The van der Waals surface area contributed by atoms with Gasteiger partial charge in [-0.3, -0.25) is 4.79 Å². The lowest BCUT2D eigenvalue weighted by Crippen LogP contribution is -2.06. The van der Waals surface area contributed by atoms with Gasteiger partial charge in [-0.25, -0.2) is 0 Å². The van der Waals surface area contributed by atoms with E-state index in [1.807, 2.05) is 49.5 Å². The highest BCUT2D eigenvalue weighted by Gasteiger charge is 2.17. The van der Waals surface area contributed by atoms with E-state index >= 15 is 0 Å². The summed E-state index contributed by atoms with van der Waals surface area (Å²) in [6.07, 6.45) is 2.56. The summed E-state index contributed by atoms with van der Waals surface area (Å²) in [6, 6.07) is 16.0. The van der Waals surface area contributed by atoms with Gasteiger partial charge >= 0.3 is 0 Å². The van der Waals surface area contributed by atoms with Gasteiger partial charge in [0.1, 0.15) is 0 Å². The lowest BCUT2D eigenvalue weighted by molar-refractivity contribution is 0.0975. The minimum absolute atomic E-state index is 0.202. The molecule has 2 nitrogen and oxygen atoms in total. The summed E-state index contributed by atoms with van der Waals surface area (Å²) in [4.78, 5) is 15.8. The third-order valence-electron chi connectivity index (χ3n) is 4.09. The number of H-pyrrole nitrogens is 1. The van der Waals surface area contributed by atoms with E-state index in [1.54, 1.807) is 0 Å². The van der Waals surface area contributed by atoms with Gasteiger partial charge in [0.15, 0.2) is 5.78 Å². The highest BCUT2D eigenvalue weighted by molar-refractivity contribution is 5.98. The summed E-state index contributed by atoms with van der Waals surface area (Å²) < 4.78 is 0. The third kappa shape index (κ3) is 2.62. The molecule has 0 saturated carbocycles. The number of para-hydroxylation sites is 1. The Labute approximate surface area is 124 Å². The molecule has 21 heavy (non-hydrogen) atoms. The van der Waals surface area contributed by atoms with Crippen LogP contribution in [-0.4, -0.2) is 10.8 Å². The molecule has 0 amide bonds. The molecule has 3 rings (SSSR count). The topological polar surface area (TPSA) is 32.9 Å². The molecule has 0 aliphatic heterocycles. The molecular weight excluding hydrogens is 258 g/mol. The lowest BCUT2D eigenvalue weighted by atomic mass is 9.91. The van der Waals surface area contributed by atoms with Crippen LogP contribution in [0.2, 0.25) is 0 Å². The van der Waals surface area contributed by atoms with E-state index in [0.717, 1.165) is 16.6 Å². The maximum atomic E-state index is 12.5. The van der Waals surface area contributed by atoms with E-state index < -0.39 is 0 Å². The molecule has 1 N–H and O–H groups in total.